The van der Waals surface area contributed by atoms with Gasteiger partial charge in [0.2, 0.25) is 23.6 Å². The number of hydrogen-bond donors (Lipinski definition) is 10. The van der Waals surface area contributed by atoms with Crippen molar-refractivity contribution in [3.8, 4) is 0 Å². The highest BCUT2D eigenvalue weighted by atomic mass is 33.1. The number of nitrogens with one attached hydrogen (secondary N) is 6. The lowest BCUT2D eigenvalue weighted by Gasteiger charge is -2.27. The molecule has 6 atom stereocenters. The van der Waals surface area contributed by atoms with Gasteiger partial charge in [-0.1, -0.05) is 61.4 Å². The summed E-state index contributed by atoms with van der Waals surface area (Å²) in [7, 11) is 1.52. The van der Waals surface area contributed by atoms with Crippen LogP contribution in [0.25, 0.3) is 0 Å². The van der Waals surface area contributed by atoms with Crippen molar-refractivity contribution in [2.75, 3.05) is 18.1 Å². The van der Waals surface area contributed by atoms with Gasteiger partial charge in [-0.05, 0) is 43.4 Å². The van der Waals surface area contributed by atoms with Gasteiger partial charge in [-0.2, -0.15) is 12.6 Å². The van der Waals surface area contributed by atoms with Gasteiger partial charge in [0.15, 0.2) is 5.37 Å². The van der Waals surface area contributed by atoms with E-state index >= 15 is 0 Å². The van der Waals surface area contributed by atoms with Gasteiger partial charge in [-0.25, -0.2) is 4.79 Å². The van der Waals surface area contributed by atoms with Gasteiger partial charge >= 0.3 is 17.9 Å². The first kappa shape index (κ1) is 48.7. The zero-order valence-corrected chi connectivity index (χ0v) is 33.6. The molecule has 19 nitrogen and oxygen atoms in total. The van der Waals surface area contributed by atoms with Crippen LogP contribution in [-0.4, -0.2) is 117 Å². The Morgan fingerprint density at radius 2 is 1.65 bits per heavy atom. The van der Waals surface area contributed by atoms with Gasteiger partial charge in [0, 0.05) is 12.2 Å². The highest BCUT2D eigenvalue weighted by Gasteiger charge is 2.34. The van der Waals surface area contributed by atoms with E-state index in [0.29, 0.717) is 23.0 Å². The molecule has 1 rings (SSSR count). The van der Waals surface area contributed by atoms with Crippen molar-refractivity contribution in [1.29, 1.82) is 0 Å². The molecule has 0 aromatic rings. The summed E-state index contributed by atoms with van der Waals surface area (Å²) in [5.41, 5.74) is 5.17. The smallest absolute Gasteiger partial charge is 0.329 e. The molecule has 0 radical (unpaired) electrons. The van der Waals surface area contributed by atoms with E-state index in [1.165, 1.54) is 19.1 Å². The Morgan fingerprint density at radius 1 is 1.00 bits per heavy atom. The Bertz CT molecular complexity index is 1480. The quantitative estimate of drug-likeness (QED) is 0.0282. The first-order chi connectivity index (χ1) is 25.8. The second kappa shape index (κ2) is 25.0. The summed E-state index contributed by atoms with van der Waals surface area (Å²) < 4.78 is 5.63. The van der Waals surface area contributed by atoms with E-state index < -0.39 is 107 Å². The maximum Gasteiger partial charge on any atom is 0.329 e. The van der Waals surface area contributed by atoms with Crippen molar-refractivity contribution in [1.82, 2.24) is 31.9 Å². The molecule has 1 heterocycles. The van der Waals surface area contributed by atoms with Gasteiger partial charge in [0.25, 0.3) is 11.8 Å². The van der Waals surface area contributed by atoms with Crippen molar-refractivity contribution in [3.63, 3.8) is 0 Å². The summed E-state index contributed by atoms with van der Waals surface area (Å²) in [6, 6.07) is -5.13. The van der Waals surface area contributed by atoms with Crippen LogP contribution in [0.3, 0.4) is 0 Å². The number of carbonyl (C=O) groups is 9. The van der Waals surface area contributed by atoms with Gasteiger partial charge < -0.3 is 52.6 Å². The van der Waals surface area contributed by atoms with Crippen LogP contribution in [0.2, 0.25) is 0 Å². The monoisotopic (exact) mass is 833 g/mol. The summed E-state index contributed by atoms with van der Waals surface area (Å²) in [6.45, 7) is 7.27. The van der Waals surface area contributed by atoms with E-state index in [4.69, 9.17) is 20.7 Å². The van der Waals surface area contributed by atoms with Crippen molar-refractivity contribution in [3.05, 3.63) is 23.9 Å². The highest BCUT2D eigenvalue weighted by molar-refractivity contribution is 8.77. The third-order valence-corrected chi connectivity index (χ3v) is 10.3. The molecule has 0 aromatic carbocycles. The largest absolute Gasteiger partial charge is 0.480 e. The molecule has 6 unspecified atom stereocenters. The number of aliphatic carboxylic acids is 2. The van der Waals surface area contributed by atoms with E-state index in [2.05, 4.69) is 44.5 Å². The second-order valence-electron chi connectivity index (χ2n) is 12.8. The topological polar surface area (TPSA) is 302 Å². The summed E-state index contributed by atoms with van der Waals surface area (Å²) in [6.07, 6.45) is 2.89. The van der Waals surface area contributed by atoms with Crippen LogP contribution in [0.4, 0.5) is 0 Å². The fourth-order valence-corrected chi connectivity index (χ4v) is 7.00. The number of allylic oxidation sites excluding steroid dienone is 2. The Kier molecular flexibility index (Phi) is 22.1. The normalized spacial score (nSPS) is 22.3. The minimum atomic E-state index is -1.50. The number of thiol groups is 1. The molecule has 22 heteroatoms. The Labute approximate surface area is 332 Å². The maximum absolute atomic E-state index is 13.7. The van der Waals surface area contributed by atoms with E-state index in [9.17, 15) is 43.2 Å². The third-order valence-electron chi connectivity index (χ3n) is 7.54. The van der Waals surface area contributed by atoms with Crippen molar-refractivity contribution in [2.45, 2.75) is 95.9 Å². The molecule has 0 aliphatic carbocycles. The molecular weight excluding hydrogens is 783 g/mol. The zero-order chi connectivity index (χ0) is 41.8. The van der Waals surface area contributed by atoms with E-state index in [1.54, 1.807) is 33.8 Å². The number of cyclic esters (lactones) is 1. The molecule has 55 heavy (non-hydrogen) atoms. The summed E-state index contributed by atoms with van der Waals surface area (Å²) >= 11 is 4.16. The molecule has 0 spiro atoms. The fourth-order valence-electron chi connectivity index (χ4n) is 4.49. The van der Waals surface area contributed by atoms with Crippen LogP contribution in [0.15, 0.2) is 23.9 Å². The Hall–Kier alpha value is -4.28. The minimum Gasteiger partial charge on any atom is -0.480 e. The molecule has 1 saturated heterocycles. The Balaban J connectivity index is 3.48. The molecule has 10 N–H and O–H groups in total. The van der Waals surface area contributed by atoms with Gasteiger partial charge in [-0.15, -0.1) is 0 Å². The molecule has 1 aliphatic rings. The average molecular weight is 834 g/mol. The number of carbonyl (C=O) groups excluding carboxylic acids is 7. The second-order valence-corrected chi connectivity index (χ2v) is 15.7. The number of amides is 6. The van der Waals surface area contributed by atoms with E-state index in [1.807, 2.05) is 0 Å². The van der Waals surface area contributed by atoms with Crippen LogP contribution in [0.1, 0.15) is 60.3 Å². The third kappa shape index (κ3) is 18.3. The number of hydrogen-bond acceptors (Lipinski definition) is 14. The van der Waals surface area contributed by atoms with Crippen LogP contribution in [0.5, 0.6) is 0 Å². The Morgan fingerprint density at radius 3 is 2.22 bits per heavy atom. The van der Waals surface area contributed by atoms with Crippen LogP contribution < -0.4 is 37.6 Å². The number of nitrogens with two attached hydrogens (primary N) is 1. The lowest BCUT2D eigenvalue weighted by atomic mass is 10.0. The number of carboxylic acids is 2. The summed E-state index contributed by atoms with van der Waals surface area (Å²) in [5.74, 6) is -9.29. The molecule has 0 saturated carbocycles. The number of carboxylic acid groups (broad SMARTS) is 2. The van der Waals surface area contributed by atoms with Crippen molar-refractivity contribution in [2.24, 2.45) is 17.6 Å². The van der Waals surface area contributed by atoms with Crippen molar-refractivity contribution >= 4 is 87.6 Å². The first-order valence-electron chi connectivity index (χ1n) is 17.2. The minimum absolute atomic E-state index is 0.262. The molecule has 6 amide bonds. The lowest BCUT2D eigenvalue weighted by Crippen LogP contribution is -2.55. The number of esters is 1. The SMILES string of the molecule is C/C=C1/NC(=O)C(SSCC(NC(=O)CCC(N)C(=O)O)C(=O)NCC(=O)O)NC(=O)C(C(C)C)NC(=O)CC(/C=C/CCS)OC(=O)C(C(C)C)NC1=O. The standard InChI is InChI=1S/C33H51N7O12S3/c1-6-20-28(46)39-26(17(4)5)33(51)52-18(9-7-8-12-53)13-23(42)38-25(16(2)3)29(47)40-31(30(48)37-20)55-54-15-21(27(45)35-14-24(43)44)36-22(41)11-10-19(34)32(49)50/h6-7,9,16-19,21,25-26,31,53H,8,10-15,34H2,1-5H3,(H,35,45)(H,36,41)(H,37,48)(H,38,42)(H,39,46)(H,40,47)(H,43,44)(H,49,50)/b9-7+,20-6+. The average Bonchev–Trinajstić information content (AvgIpc) is 3.10. The first-order valence-corrected chi connectivity index (χ1v) is 20.2. The number of rotatable bonds is 17. The van der Waals surface area contributed by atoms with Gasteiger partial charge in [-0.3, -0.25) is 38.4 Å². The molecule has 0 bridgehead atoms. The zero-order valence-electron chi connectivity index (χ0n) is 31.1. The predicted molar refractivity (Wildman–Crippen MR) is 207 cm³/mol. The van der Waals surface area contributed by atoms with Crippen molar-refractivity contribution < 1.29 is 58.1 Å². The van der Waals surface area contributed by atoms with Gasteiger partial charge in [0.05, 0.1) is 6.42 Å². The summed E-state index contributed by atoms with van der Waals surface area (Å²) in [5, 5.41) is 31.2. The fraction of sp³-hybridized carbons (Fsp3) is 0.606. The van der Waals surface area contributed by atoms with Crippen LogP contribution >= 0.6 is 34.2 Å². The van der Waals surface area contributed by atoms with Crippen LogP contribution in [-0.2, 0) is 47.9 Å². The molecule has 308 valence electrons. The summed E-state index contributed by atoms with van der Waals surface area (Å²) in [4.78, 5) is 115. The van der Waals surface area contributed by atoms with E-state index in [0.717, 1.165) is 10.8 Å². The maximum atomic E-state index is 13.7. The predicted octanol–water partition coefficient (Wildman–Crippen LogP) is -0.819. The van der Waals surface area contributed by atoms with Gasteiger partial charge in [0.1, 0.15) is 42.5 Å². The number of ether oxygens (including phenoxy) is 1. The molecular formula is C33H51N7O12S3. The lowest BCUT2D eigenvalue weighted by molar-refractivity contribution is -0.153. The molecule has 1 fully saturated rings. The van der Waals surface area contributed by atoms with Crippen LogP contribution in [0, 0.1) is 11.8 Å². The van der Waals surface area contributed by atoms with E-state index in [-0.39, 0.29) is 30.7 Å². The molecule has 0 aromatic heterocycles. The molecule has 1 aliphatic heterocycles. The highest BCUT2D eigenvalue weighted by Crippen LogP contribution is 2.27.